The molecule has 0 aliphatic heterocycles. The minimum atomic E-state index is -0.393. The first-order chi connectivity index (χ1) is 12.1. The lowest BCUT2D eigenvalue weighted by atomic mass is 10.2. The van der Waals surface area contributed by atoms with Gasteiger partial charge in [-0.1, -0.05) is 41.7 Å². The van der Waals surface area contributed by atoms with Crippen molar-refractivity contribution in [3.8, 4) is 0 Å². The molecule has 1 heterocycles. The number of carbonyl (C=O) groups excluding carboxylic acids is 2. The zero-order chi connectivity index (χ0) is 18.1. The van der Waals surface area contributed by atoms with Gasteiger partial charge in [-0.05, 0) is 31.6 Å². The lowest BCUT2D eigenvalue weighted by Gasteiger charge is -2.03. The summed E-state index contributed by atoms with van der Waals surface area (Å²) in [6.45, 7) is 3.81. The van der Waals surface area contributed by atoms with Gasteiger partial charge in [-0.2, -0.15) is 11.8 Å². The maximum Gasteiger partial charge on any atom is 0.350 e. The third-order valence-corrected chi connectivity index (χ3v) is 5.48. The van der Waals surface area contributed by atoms with Crippen LogP contribution in [0, 0.1) is 6.92 Å². The van der Waals surface area contributed by atoms with E-state index in [0.29, 0.717) is 28.7 Å². The number of carbonyl (C=O) groups is 2. The SMILES string of the molecule is CCOC(=O)c1sc(NC(=O)CCCSCc2ccccc2)nc1C. The number of hydrogen-bond donors (Lipinski definition) is 1. The molecule has 0 radical (unpaired) electrons. The highest BCUT2D eigenvalue weighted by molar-refractivity contribution is 7.98. The summed E-state index contributed by atoms with van der Waals surface area (Å²) in [7, 11) is 0. The van der Waals surface area contributed by atoms with Crippen LogP contribution < -0.4 is 5.32 Å². The van der Waals surface area contributed by atoms with Crippen molar-refractivity contribution in [1.29, 1.82) is 0 Å². The van der Waals surface area contributed by atoms with Crippen molar-refractivity contribution in [2.75, 3.05) is 17.7 Å². The molecule has 0 aliphatic rings. The number of amides is 1. The highest BCUT2D eigenvalue weighted by Crippen LogP contribution is 2.23. The van der Waals surface area contributed by atoms with Crippen molar-refractivity contribution < 1.29 is 14.3 Å². The van der Waals surface area contributed by atoms with E-state index >= 15 is 0 Å². The van der Waals surface area contributed by atoms with Crippen molar-refractivity contribution in [2.45, 2.75) is 32.4 Å². The maximum absolute atomic E-state index is 12.0. The predicted molar refractivity (Wildman–Crippen MR) is 103 cm³/mol. The van der Waals surface area contributed by atoms with Gasteiger partial charge < -0.3 is 10.1 Å². The minimum Gasteiger partial charge on any atom is -0.462 e. The average Bonchev–Trinajstić information content (AvgIpc) is 2.96. The van der Waals surface area contributed by atoms with Crippen LogP contribution in [0.25, 0.3) is 0 Å². The molecule has 1 amide bonds. The fourth-order valence-electron chi connectivity index (χ4n) is 2.12. The van der Waals surface area contributed by atoms with Crippen LogP contribution in [0.15, 0.2) is 30.3 Å². The first-order valence-electron chi connectivity index (χ1n) is 8.16. The second kappa shape index (κ2) is 10.2. The van der Waals surface area contributed by atoms with E-state index in [1.807, 2.05) is 30.0 Å². The summed E-state index contributed by atoms with van der Waals surface area (Å²) >= 11 is 2.97. The fraction of sp³-hybridized carbons (Fsp3) is 0.389. The van der Waals surface area contributed by atoms with Crippen molar-refractivity contribution in [3.05, 3.63) is 46.5 Å². The van der Waals surface area contributed by atoms with E-state index in [4.69, 9.17) is 4.74 Å². The Morgan fingerprint density at radius 2 is 2.04 bits per heavy atom. The number of ether oxygens (including phenoxy) is 1. The largest absolute Gasteiger partial charge is 0.462 e. The van der Waals surface area contributed by atoms with E-state index in [1.54, 1.807) is 13.8 Å². The highest BCUT2D eigenvalue weighted by atomic mass is 32.2. The summed E-state index contributed by atoms with van der Waals surface area (Å²) < 4.78 is 4.97. The van der Waals surface area contributed by atoms with E-state index in [2.05, 4.69) is 22.4 Å². The van der Waals surface area contributed by atoms with Crippen LogP contribution in [0.1, 0.15) is 40.7 Å². The average molecular weight is 379 g/mol. The molecule has 25 heavy (non-hydrogen) atoms. The molecule has 0 atom stereocenters. The van der Waals surface area contributed by atoms with Crippen LogP contribution in [0.3, 0.4) is 0 Å². The molecular weight excluding hydrogens is 356 g/mol. The third-order valence-electron chi connectivity index (χ3n) is 3.31. The smallest absolute Gasteiger partial charge is 0.350 e. The number of thiazole rings is 1. The quantitative estimate of drug-likeness (QED) is 0.521. The number of nitrogens with zero attached hydrogens (tertiary/aromatic N) is 1. The molecule has 5 nitrogen and oxygen atoms in total. The molecule has 0 unspecified atom stereocenters. The molecule has 0 saturated heterocycles. The number of benzene rings is 1. The summed E-state index contributed by atoms with van der Waals surface area (Å²) in [5.41, 5.74) is 1.87. The van der Waals surface area contributed by atoms with Gasteiger partial charge in [-0.15, -0.1) is 0 Å². The lowest BCUT2D eigenvalue weighted by Crippen LogP contribution is -2.11. The van der Waals surface area contributed by atoms with Crippen LogP contribution in [-0.4, -0.2) is 29.2 Å². The first kappa shape index (κ1) is 19.5. The third kappa shape index (κ3) is 6.51. The Labute approximate surface area is 156 Å². The topological polar surface area (TPSA) is 68.3 Å². The van der Waals surface area contributed by atoms with Gasteiger partial charge in [-0.3, -0.25) is 4.79 Å². The Kier molecular flexibility index (Phi) is 7.94. The molecule has 0 saturated carbocycles. The number of esters is 1. The van der Waals surface area contributed by atoms with Crippen molar-refractivity contribution in [1.82, 2.24) is 4.98 Å². The van der Waals surface area contributed by atoms with Gasteiger partial charge in [0.25, 0.3) is 0 Å². The zero-order valence-electron chi connectivity index (χ0n) is 14.4. The normalized spacial score (nSPS) is 10.5. The van der Waals surface area contributed by atoms with Crippen LogP contribution in [0.2, 0.25) is 0 Å². The fourth-order valence-corrected chi connectivity index (χ4v) is 3.91. The number of hydrogen-bond acceptors (Lipinski definition) is 6. The van der Waals surface area contributed by atoms with E-state index in [-0.39, 0.29) is 5.91 Å². The van der Waals surface area contributed by atoms with Gasteiger partial charge in [0, 0.05) is 12.2 Å². The Morgan fingerprint density at radius 1 is 1.28 bits per heavy atom. The van der Waals surface area contributed by atoms with Gasteiger partial charge >= 0.3 is 5.97 Å². The Morgan fingerprint density at radius 3 is 2.76 bits per heavy atom. The highest BCUT2D eigenvalue weighted by Gasteiger charge is 2.17. The zero-order valence-corrected chi connectivity index (χ0v) is 16.0. The molecule has 1 aromatic heterocycles. The summed E-state index contributed by atoms with van der Waals surface area (Å²) in [5.74, 6) is 1.41. The number of thioether (sulfide) groups is 1. The van der Waals surface area contributed by atoms with Gasteiger partial charge in [0.1, 0.15) is 4.88 Å². The number of aryl methyl sites for hydroxylation is 1. The molecule has 134 valence electrons. The van der Waals surface area contributed by atoms with E-state index in [0.717, 1.165) is 29.3 Å². The van der Waals surface area contributed by atoms with Gasteiger partial charge in [0.15, 0.2) is 5.13 Å². The molecule has 2 aromatic rings. The van der Waals surface area contributed by atoms with Crippen LogP contribution >= 0.6 is 23.1 Å². The lowest BCUT2D eigenvalue weighted by molar-refractivity contribution is -0.116. The molecular formula is C18H22N2O3S2. The van der Waals surface area contributed by atoms with Crippen LogP contribution in [0.5, 0.6) is 0 Å². The minimum absolute atomic E-state index is 0.0792. The van der Waals surface area contributed by atoms with E-state index in [9.17, 15) is 9.59 Å². The first-order valence-corrected chi connectivity index (χ1v) is 10.1. The molecule has 0 spiro atoms. The molecule has 0 aliphatic carbocycles. The summed E-state index contributed by atoms with van der Waals surface area (Å²) in [6, 6.07) is 10.3. The van der Waals surface area contributed by atoms with Crippen molar-refractivity contribution >= 4 is 40.1 Å². The monoisotopic (exact) mass is 378 g/mol. The van der Waals surface area contributed by atoms with E-state index in [1.165, 1.54) is 5.56 Å². The van der Waals surface area contributed by atoms with Gasteiger partial charge in [-0.25, -0.2) is 9.78 Å². The second-order valence-electron chi connectivity index (χ2n) is 5.34. The van der Waals surface area contributed by atoms with Crippen LogP contribution in [0.4, 0.5) is 5.13 Å². The molecule has 7 heteroatoms. The van der Waals surface area contributed by atoms with Gasteiger partial charge in [0.2, 0.25) is 5.91 Å². The van der Waals surface area contributed by atoms with Crippen molar-refractivity contribution in [3.63, 3.8) is 0 Å². The Hall–Kier alpha value is -1.86. The summed E-state index contributed by atoms with van der Waals surface area (Å²) in [6.07, 6.45) is 1.24. The van der Waals surface area contributed by atoms with Crippen LogP contribution in [-0.2, 0) is 15.3 Å². The number of anilines is 1. The maximum atomic E-state index is 12.0. The molecule has 1 aromatic carbocycles. The molecule has 1 N–H and O–H groups in total. The molecule has 2 rings (SSSR count). The Bertz CT molecular complexity index is 702. The Balaban J connectivity index is 1.70. The number of nitrogens with one attached hydrogen (secondary N) is 1. The van der Waals surface area contributed by atoms with Crippen molar-refractivity contribution in [2.24, 2.45) is 0 Å². The second-order valence-corrected chi connectivity index (χ2v) is 7.45. The number of rotatable bonds is 9. The number of aromatic nitrogens is 1. The van der Waals surface area contributed by atoms with E-state index < -0.39 is 5.97 Å². The molecule has 0 fully saturated rings. The molecule has 0 bridgehead atoms. The van der Waals surface area contributed by atoms with Gasteiger partial charge in [0.05, 0.1) is 12.3 Å². The standard InChI is InChI=1S/C18H22N2O3S2/c1-3-23-17(22)16-13(2)19-18(25-16)20-15(21)10-7-11-24-12-14-8-5-4-6-9-14/h4-6,8-9H,3,7,10-12H2,1-2H3,(H,19,20,21). The predicted octanol–water partition coefficient (Wildman–Crippen LogP) is 4.28. The summed E-state index contributed by atoms with van der Waals surface area (Å²) in [4.78, 5) is 28.4. The summed E-state index contributed by atoms with van der Waals surface area (Å²) in [5, 5.41) is 3.21.